The van der Waals surface area contributed by atoms with Gasteiger partial charge in [0.25, 0.3) is 0 Å². The number of rotatable bonds is 5. The fourth-order valence-corrected chi connectivity index (χ4v) is 3.85. The minimum absolute atomic E-state index is 0.0671. The number of para-hydroxylation sites is 1. The molecule has 0 aliphatic heterocycles. The van der Waals surface area contributed by atoms with Crippen LogP contribution in [0, 0.1) is 23.3 Å². The summed E-state index contributed by atoms with van der Waals surface area (Å²) in [6.45, 7) is 0. The second kappa shape index (κ2) is 14.9. The summed E-state index contributed by atoms with van der Waals surface area (Å²) >= 11 is 0. The van der Waals surface area contributed by atoms with E-state index in [1.165, 1.54) is 36.4 Å². The molecule has 0 heterocycles. The van der Waals surface area contributed by atoms with E-state index in [1.54, 1.807) is 12.1 Å². The number of aromatic carboxylic acids is 3. The van der Waals surface area contributed by atoms with Gasteiger partial charge in [-0.2, -0.15) is 0 Å². The van der Waals surface area contributed by atoms with Crippen LogP contribution in [0.15, 0.2) is 97.1 Å². The second-order valence-corrected chi connectivity index (χ2v) is 9.14. The van der Waals surface area contributed by atoms with Crippen LogP contribution in [-0.2, 0) is 0 Å². The lowest BCUT2D eigenvalue weighted by Gasteiger charge is -2.06. The number of carbonyl (C=O) groups is 3. The zero-order valence-corrected chi connectivity index (χ0v) is 23.2. The van der Waals surface area contributed by atoms with Crippen molar-refractivity contribution in [3.8, 4) is 39.5 Å². The van der Waals surface area contributed by atoms with E-state index in [4.69, 9.17) is 20.4 Å². The first-order valence-corrected chi connectivity index (χ1v) is 12.7. The molecule has 0 saturated carbocycles. The molecule has 6 N–H and O–H groups in total. The molecule has 0 spiro atoms. The maximum Gasteiger partial charge on any atom is 0.339 e. The standard InChI is InChI=1S/2C13H8F2O3.C7H6O3/c2*14-8-2-3-9(11(15)6-8)7-1-4-12(16)10(5-7)13(17)18;8-6-4-2-1-3-5(6)7(9)10/h2*1-6,16H,(H,17,18);1-4,8H,(H,9,10). The first-order chi connectivity index (χ1) is 21.7. The van der Waals surface area contributed by atoms with Crippen molar-refractivity contribution in [2.75, 3.05) is 0 Å². The van der Waals surface area contributed by atoms with Crippen LogP contribution in [0.2, 0.25) is 0 Å². The highest BCUT2D eigenvalue weighted by molar-refractivity contribution is 5.93. The van der Waals surface area contributed by atoms with Crippen molar-refractivity contribution in [2.45, 2.75) is 0 Å². The number of carboxylic acids is 3. The molecule has 0 unspecified atom stereocenters. The van der Waals surface area contributed by atoms with Gasteiger partial charge in [0.2, 0.25) is 0 Å². The molecule has 5 aromatic carbocycles. The van der Waals surface area contributed by atoms with Gasteiger partial charge in [-0.15, -0.1) is 0 Å². The summed E-state index contributed by atoms with van der Waals surface area (Å²) in [5.41, 5.74) is -0.0989. The Kier molecular flexibility index (Phi) is 11.0. The molecule has 0 saturated heterocycles. The van der Waals surface area contributed by atoms with Gasteiger partial charge in [-0.3, -0.25) is 0 Å². The Bertz CT molecular complexity index is 1820. The monoisotopic (exact) mass is 638 g/mol. The Labute approximate surface area is 257 Å². The maximum absolute atomic E-state index is 13.5. The maximum atomic E-state index is 13.5. The van der Waals surface area contributed by atoms with Crippen LogP contribution in [0.5, 0.6) is 17.2 Å². The minimum atomic E-state index is -1.32. The highest BCUT2D eigenvalue weighted by Gasteiger charge is 2.15. The lowest BCUT2D eigenvalue weighted by Crippen LogP contribution is -1.97. The summed E-state index contributed by atoms with van der Waals surface area (Å²) in [4.78, 5) is 31.9. The molecule has 0 bridgehead atoms. The molecule has 0 fully saturated rings. The molecule has 0 amide bonds. The molecule has 0 aliphatic carbocycles. The third kappa shape index (κ3) is 8.60. The van der Waals surface area contributed by atoms with Gasteiger partial charge >= 0.3 is 17.9 Å². The van der Waals surface area contributed by atoms with Gasteiger partial charge in [0.15, 0.2) is 0 Å². The molecule has 9 nitrogen and oxygen atoms in total. The van der Waals surface area contributed by atoms with Gasteiger partial charge in [-0.25, -0.2) is 31.9 Å². The molecule has 13 heteroatoms. The van der Waals surface area contributed by atoms with Crippen LogP contribution in [0.25, 0.3) is 22.3 Å². The Morgan fingerprint density at radius 1 is 0.435 bits per heavy atom. The first kappa shape index (κ1) is 34.1. The van der Waals surface area contributed by atoms with Crippen molar-refractivity contribution in [1.29, 1.82) is 0 Å². The van der Waals surface area contributed by atoms with Crippen LogP contribution in [-0.4, -0.2) is 48.5 Å². The third-order valence-corrected chi connectivity index (χ3v) is 6.07. The molecule has 236 valence electrons. The van der Waals surface area contributed by atoms with Crippen molar-refractivity contribution in [3.63, 3.8) is 0 Å². The largest absolute Gasteiger partial charge is 0.507 e. The normalized spacial score (nSPS) is 10.1. The second-order valence-electron chi connectivity index (χ2n) is 9.14. The number of hydrogen-bond donors (Lipinski definition) is 6. The fraction of sp³-hybridized carbons (Fsp3) is 0. The van der Waals surface area contributed by atoms with Crippen molar-refractivity contribution in [2.24, 2.45) is 0 Å². The lowest BCUT2D eigenvalue weighted by molar-refractivity contribution is 0.0682. The molecular formula is C33H22F4O9. The number of aromatic hydroxyl groups is 3. The number of benzene rings is 5. The number of hydrogen-bond acceptors (Lipinski definition) is 6. The summed E-state index contributed by atoms with van der Waals surface area (Å²) < 4.78 is 52.6. The summed E-state index contributed by atoms with van der Waals surface area (Å²) in [6, 6.07) is 19.1. The van der Waals surface area contributed by atoms with E-state index in [2.05, 4.69) is 0 Å². The van der Waals surface area contributed by atoms with Crippen molar-refractivity contribution >= 4 is 17.9 Å². The predicted molar refractivity (Wildman–Crippen MR) is 156 cm³/mol. The topological polar surface area (TPSA) is 173 Å². The van der Waals surface area contributed by atoms with Crippen molar-refractivity contribution in [1.82, 2.24) is 0 Å². The van der Waals surface area contributed by atoms with E-state index in [0.29, 0.717) is 12.1 Å². The van der Waals surface area contributed by atoms with E-state index in [-0.39, 0.29) is 44.7 Å². The smallest absolute Gasteiger partial charge is 0.339 e. The summed E-state index contributed by atoms with van der Waals surface area (Å²) in [5.74, 6) is -7.79. The quantitative estimate of drug-likeness (QED) is 0.109. The zero-order valence-electron chi connectivity index (χ0n) is 23.2. The van der Waals surface area contributed by atoms with Crippen molar-refractivity contribution < 1.29 is 62.6 Å². The fourth-order valence-electron chi connectivity index (χ4n) is 3.85. The van der Waals surface area contributed by atoms with Crippen LogP contribution in [0.4, 0.5) is 17.6 Å². The van der Waals surface area contributed by atoms with Gasteiger partial charge in [0, 0.05) is 23.3 Å². The van der Waals surface area contributed by atoms with E-state index in [0.717, 1.165) is 36.4 Å². The third-order valence-electron chi connectivity index (χ3n) is 6.07. The molecule has 46 heavy (non-hydrogen) atoms. The van der Waals surface area contributed by atoms with Gasteiger partial charge in [-0.1, -0.05) is 24.3 Å². The van der Waals surface area contributed by atoms with E-state index < -0.39 is 52.7 Å². The van der Waals surface area contributed by atoms with Gasteiger partial charge in [0.1, 0.15) is 57.2 Å². The van der Waals surface area contributed by atoms with E-state index >= 15 is 0 Å². The van der Waals surface area contributed by atoms with Crippen LogP contribution >= 0.6 is 0 Å². The molecule has 0 atom stereocenters. The Balaban J connectivity index is 0.000000196. The van der Waals surface area contributed by atoms with E-state index in [1.807, 2.05) is 0 Å². The van der Waals surface area contributed by atoms with Gasteiger partial charge in [-0.05, 0) is 71.8 Å². The summed E-state index contributed by atoms with van der Waals surface area (Å²) in [5, 5.41) is 53.6. The van der Waals surface area contributed by atoms with Crippen LogP contribution < -0.4 is 0 Å². The lowest BCUT2D eigenvalue weighted by atomic mass is 10.0. The average Bonchev–Trinajstić information content (AvgIpc) is 2.98. The van der Waals surface area contributed by atoms with E-state index in [9.17, 15) is 42.2 Å². The summed E-state index contributed by atoms with van der Waals surface area (Å²) in [7, 11) is 0. The Morgan fingerprint density at radius 2 is 0.804 bits per heavy atom. The molecular weight excluding hydrogens is 616 g/mol. The SMILES string of the molecule is O=C(O)c1cc(-c2ccc(F)cc2F)ccc1O.O=C(O)c1cc(-c2ccc(F)cc2F)ccc1O.O=C(O)c1ccccc1O. The summed E-state index contributed by atoms with van der Waals surface area (Å²) in [6.07, 6.45) is 0. The van der Waals surface area contributed by atoms with Gasteiger partial charge in [0.05, 0.1) is 0 Å². The first-order valence-electron chi connectivity index (χ1n) is 12.7. The highest BCUT2D eigenvalue weighted by Crippen LogP contribution is 2.29. The van der Waals surface area contributed by atoms with Crippen molar-refractivity contribution in [3.05, 3.63) is 137 Å². The number of halogens is 4. The molecule has 0 aromatic heterocycles. The molecule has 5 rings (SSSR count). The van der Waals surface area contributed by atoms with Crippen LogP contribution in [0.1, 0.15) is 31.1 Å². The van der Waals surface area contributed by atoms with Crippen LogP contribution in [0.3, 0.4) is 0 Å². The zero-order chi connectivity index (χ0) is 34.1. The minimum Gasteiger partial charge on any atom is -0.507 e. The predicted octanol–water partition coefficient (Wildman–Crippen LogP) is 7.16. The molecule has 0 radical (unpaired) electrons. The molecule has 0 aliphatic rings. The Hall–Kier alpha value is -6.37. The molecule has 5 aromatic rings. The van der Waals surface area contributed by atoms with Gasteiger partial charge < -0.3 is 30.6 Å². The Morgan fingerprint density at radius 3 is 1.13 bits per heavy atom. The number of carboxylic acid groups (broad SMARTS) is 3. The highest BCUT2D eigenvalue weighted by atomic mass is 19.1. The number of phenols is 3. The average molecular weight is 639 g/mol.